The molecule has 21 heavy (non-hydrogen) atoms. The van der Waals surface area contributed by atoms with E-state index in [1.54, 1.807) is 24.3 Å². The molecule has 1 aromatic rings. The summed E-state index contributed by atoms with van der Waals surface area (Å²) in [5.74, 6) is -1.44. The highest BCUT2D eigenvalue weighted by molar-refractivity contribution is 6.21. The molecule has 1 unspecified atom stereocenters. The highest BCUT2D eigenvalue weighted by atomic mass is 16.4. The molecule has 1 atom stereocenters. The number of aliphatic carboxylic acids is 1. The standard InChI is InChI=1S/C15H16N2O4/c18-13(19)8-10-4-3-7-16(10)9-17-14(20)11-5-1-2-6-12(11)15(17)21/h1-2,5-6,10H,3-4,7-9H2,(H,18,19). The van der Waals surface area contributed by atoms with Crippen LogP contribution >= 0.6 is 0 Å². The molecule has 2 aliphatic rings. The number of hydrogen-bond donors (Lipinski definition) is 1. The monoisotopic (exact) mass is 288 g/mol. The second-order valence-corrected chi connectivity index (χ2v) is 5.43. The van der Waals surface area contributed by atoms with Crippen LogP contribution < -0.4 is 0 Å². The number of carbonyl (C=O) groups is 3. The van der Waals surface area contributed by atoms with Gasteiger partial charge in [-0.05, 0) is 25.0 Å². The molecule has 110 valence electrons. The molecule has 0 bridgehead atoms. The Labute approximate surface area is 122 Å². The molecule has 0 spiro atoms. The number of imide groups is 1. The summed E-state index contributed by atoms with van der Waals surface area (Å²) < 4.78 is 0. The largest absolute Gasteiger partial charge is 0.481 e. The Morgan fingerprint density at radius 2 is 1.81 bits per heavy atom. The lowest BCUT2D eigenvalue weighted by atomic mass is 10.1. The molecule has 0 saturated carbocycles. The lowest BCUT2D eigenvalue weighted by Crippen LogP contribution is -2.43. The van der Waals surface area contributed by atoms with Gasteiger partial charge in [0, 0.05) is 12.6 Å². The fourth-order valence-electron chi connectivity index (χ4n) is 3.06. The SMILES string of the molecule is O=C(O)CC1CCCN1CN1C(=O)c2ccccc2C1=O. The molecule has 6 nitrogen and oxygen atoms in total. The van der Waals surface area contributed by atoms with E-state index in [0.717, 1.165) is 12.8 Å². The normalized spacial score (nSPS) is 21.9. The van der Waals surface area contributed by atoms with Crippen LogP contribution in [0.5, 0.6) is 0 Å². The molecule has 0 aromatic heterocycles. The number of rotatable bonds is 4. The Morgan fingerprint density at radius 1 is 1.19 bits per heavy atom. The lowest BCUT2D eigenvalue weighted by molar-refractivity contribution is -0.138. The molecule has 2 aliphatic heterocycles. The van der Waals surface area contributed by atoms with Crippen LogP contribution in [0.3, 0.4) is 0 Å². The van der Waals surface area contributed by atoms with Gasteiger partial charge in [0.05, 0.1) is 24.2 Å². The molecular formula is C15H16N2O4. The first kappa shape index (κ1) is 13.8. The molecule has 2 amide bonds. The van der Waals surface area contributed by atoms with Crippen molar-refractivity contribution in [3.8, 4) is 0 Å². The van der Waals surface area contributed by atoms with Gasteiger partial charge < -0.3 is 5.11 Å². The van der Waals surface area contributed by atoms with Crippen molar-refractivity contribution in [2.24, 2.45) is 0 Å². The van der Waals surface area contributed by atoms with Gasteiger partial charge in [0.25, 0.3) is 11.8 Å². The molecule has 0 aliphatic carbocycles. The summed E-state index contributed by atoms with van der Waals surface area (Å²) in [4.78, 5) is 38.6. The number of benzene rings is 1. The maximum Gasteiger partial charge on any atom is 0.304 e. The third-order valence-electron chi connectivity index (χ3n) is 4.11. The summed E-state index contributed by atoms with van der Waals surface area (Å²) in [7, 11) is 0. The summed E-state index contributed by atoms with van der Waals surface area (Å²) in [6, 6.07) is 6.65. The second-order valence-electron chi connectivity index (χ2n) is 5.43. The minimum absolute atomic E-state index is 0.0448. The topological polar surface area (TPSA) is 77.9 Å². The van der Waals surface area contributed by atoms with E-state index in [1.807, 2.05) is 4.90 Å². The van der Waals surface area contributed by atoms with Crippen molar-refractivity contribution in [2.45, 2.75) is 25.3 Å². The van der Waals surface area contributed by atoms with Gasteiger partial charge in [0.15, 0.2) is 0 Å². The number of fused-ring (bicyclic) bond motifs is 1. The summed E-state index contributed by atoms with van der Waals surface area (Å²) in [6.45, 7) is 0.885. The smallest absolute Gasteiger partial charge is 0.304 e. The van der Waals surface area contributed by atoms with Crippen molar-refractivity contribution in [2.75, 3.05) is 13.2 Å². The zero-order valence-corrected chi connectivity index (χ0v) is 11.5. The third kappa shape index (κ3) is 2.42. The number of likely N-dealkylation sites (tertiary alicyclic amines) is 1. The van der Waals surface area contributed by atoms with Crippen LogP contribution in [0.15, 0.2) is 24.3 Å². The van der Waals surface area contributed by atoms with E-state index < -0.39 is 5.97 Å². The quantitative estimate of drug-likeness (QED) is 0.842. The Kier molecular flexibility index (Phi) is 3.47. The molecule has 2 heterocycles. The number of hydrogen-bond acceptors (Lipinski definition) is 4. The summed E-state index contributed by atoms with van der Waals surface area (Å²) >= 11 is 0. The van der Waals surface area contributed by atoms with Gasteiger partial charge in [-0.2, -0.15) is 0 Å². The van der Waals surface area contributed by atoms with Crippen molar-refractivity contribution in [1.29, 1.82) is 0 Å². The maximum atomic E-state index is 12.3. The average Bonchev–Trinajstić information content (AvgIpc) is 2.98. The molecule has 3 rings (SSSR count). The van der Waals surface area contributed by atoms with Crippen LogP contribution in [0.2, 0.25) is 0 Å². The highest BCUT2D eigenvalue weighted by Crippen LogP contribution is 2.26. The molecule has 1 saturated heterocycles. The number of carboxylic acid groups (broad SMARTS) is 1. The van der Waals surface area contributed by atoms with Gasteiger partial charge >= 0.3 is 5.97 Å². The number of carbonyl (C=O) groups excluding carboxylic acids is 2. The van der Waals surface area contributed by atoms with Gasteiger partial charge in [-0.25, -0.2) is 0 Å². The van der Waals surface area contributed by atoms with Crippen LogP contribution in [-0.4, -0.2) is 51.9 Å². The van der Waals surface area contributed by atoms with E-state index >= 15 is 0 Å². The first-order valence-corrected chi connectivity index (χ1v) is 6.99. The Bertz CT molecular complexity index is 578. The minimum atomic E-state index is -0.853. The third-order valence-corrected chi connectivity index (χ3v) is 4.11. The lowest BCUT2D eigenvalue weighted by Gasteiger charge is -2.27. The average molecular weight is 288 g/mol. The highest BCUT2D eigenvalue weighted by Gasteiger charge is 2.38. The van der Waals surface area contributed by atoms with Crippen LogP contribution in [0, 0.1) is 0 Å². The van der Waals surface area contributed by atoms with Crippen LogP contribution in [0.1, 0.15) is 40.0 Å². The van der Waals surface area contributed by atoms with Gasteiger partial charge in [0.2, 0.25) is 0 Å². The van der Waals surface area contributed by atoms with Gasteiger partial charge in [-0.3, -0.25) is 24.2 Å². The van der Waals surface area contributed by atoms with Crippen LogP contribution in [0.25, 0.3) is 0 Å². The maximum absolute atomic E-state index is 12.3. The minimum Gasteiger partial charge on any atom is -0.481 e. The van der Waals surface area contributed by atoms with Crippen molar-refractivity contribution in [3.63, 3.8) is 0 Å². The zero-order chi connectivity index (χ0) is 15.0. The van der Waals surface area contributed by atoms with Gasteiger partial charge in [-0.1, -0.05) is 12.1 Å². The van der Waals surface area contributed by atoms with E-state index in [0.29, 0.717) is 17.7 Å². The molecule has 1 N–H and O–H groups in total. The van der Waals surface area contributed by atoms with Gasteiger partial charge in [0.1, 0.15) is 0 Å². The molecule has 1 fully saturated rings. The molecular weight excluding hydrogens is 272 g/mol. The number of nitrogens with zero attached hydrogens (tertiary/aromatic N) is 2. The van der Waals surface area contributed by atoms with E-state index in [4.69, 9.17) is 5.11 Å². The van der Waals surface area contributed by atoms with Crippen molar-refractivity contribution < 1.29 is 19.5 Å². The van der Waals surface area contributed by atoms with Crippen molar-refractivity contribution in [3.05, 3.63) is 35.4 Å². The van der Waals surface area contributed by atoms with E-state index in [-0.39, 0.29) is 30.9 Å². The summed E-state index contributed by atoms with van der Waals surface area (Å²) in [5, 5.41) is 8.92. The van der Waals surface area contributed by atoms with Gasteiger partial charge in [-0.15, -0.1) is 0 Å². The Balaban J connectivity index is 1.76. The Hall–Kier alpha value is -2.21. The fourth-order valence-corrected chi connectivity index (χ4v) is 3.06. The summed E-state index contributed by atoms with van der Waals surface area (Å²) in [5.41, 5.74) is 0.855. The molecule has 1 aromatic carbocycles. The first-order chi connectivity index (χ1) is 10.1. The number of amides is 2. The first-order valence-electron chi connectivity index (χ1n) is 6.99. The predicted molar refractivity (Wildman–Crippen MR) is 73.8 cm³/mol. The molecule has 0 radical (unpaired) electrons. The van der Waals surface area contributed by atoms with Crippen LogP contribution in [0.4, 0.5) is 0 Å². The van der Waals surface area contributed by atoms with E-state index in [2.05, 4.69) is 0 Å². The van der Waals surface area contributed by atoms with Crippen LogP contribution in [-0.2, 0) is 4.79 Å². The predicted octanol–water partition coefficient (Wildman–Crippen LogP) is 1.18. The second kappa shape index (κ2) is 5.29. The summed E-state index contributed by atoms with van der Waals surface area (Å²) in [6.07, 6.45) is 1.72. The zero-order valence-electron chi connectivity index (χ0n) is 11.5. The van der Waals surface area contributed by atoms with E-state index in [1.165, 1.54) is 4.90 Å². The van der Waals surface area contributed by atoms with Crippen molar-refractivity contribution >= 4 is 17.8 Å². The van der Waals surface area contributed by atoms with E-state index in [9.17, 15) is 14.4 Å². The Morgan fingerprint density at radius 3 is 2.38 bits per heavy atom. The molecule has 6 heteroatoms. The van der Waals surface area contributed by atoms with Crippen molar-refractivity contribution in [1.82, 2.24) is 9.80 Å². The fraction of sp³-hybridized carbons (Fsp3) is 0.400. The number of carboxylic acids is 1.